The van der Waals surface area contributed by atoms with Crippen molar-refractivity contribution in [3.63, 3.8) is 0 Å². The third-order valence-electron chi connectivity index (χ3n) is 6.06. The molecule has 6 heteroatoms. The Morgan fingerprint density at radius 3 is 2.79 bits per heavy atom. The lowest BCUT2D eigenvalue weighted by molar-refractivity contribution is 0.122. The van der Waals surface area contributed by atoms with E-state index in [1.165, 1.54) is 24.8 Å². The molecule has 0 spiro atoms. The Morgan fingerprint density at radius 1 is 1.31 bits per heavy atom. The van der Waals surface area contributed by atoms with Crippen LogP contribution in [0.2, 0.25) is 5.02 Å². The van der Waals surface area contributed by atoms with Gasteiger partial charge in [0.15, 0.2) is 5.96 Å². The van der Waals surface area contributed by atoms with E-state index in [4.69, 9.17) is 11.6 Å². The highest BCUT2D eigenvalue weighted by Gasteiger charge is 2.30. The summed E-state index contributed by atoms with van der Waals surface area (Å²) in [6.45, 7) is 8.62. The molecule has 0 amide bonds. The molecule has 0 aromatic heterocycles. The second-order valence-corrected chi connectivity index (χ2v) is 8.98. The van der Waals surface area contributed by atoms with Gasteiger partial charge in [-0.3, -0.25) is 9.89 Å². The predicted molar refractivity (Wildman–Crippen MR) is 126 cm³/mol. The van der Waals surface area contributed by atoms with E-state index in [0.29, 0.717) is 18.0 Å². The summed E-state index contributed by atoms with van der Waals surface area (Å²) in [6.07, 6.45) is 4.79. The Labute approximate surface area is 182 Å². The summed E-state index contributed by atoms with van der Waals surface area (Å²) < 4.78 is 0. The zero-order valence-corrected chi connectivity index (χ0v) is 19.7. The van der Waals surface area contributed by atoms with Gasteiger partial charge in [-0.15, -0.1) is 0 Å². The summed E-state index contributed by atoms with van der Waals surface area (Å²) >= 11 is 6.26. The minimum Gasteiger partial charge on any atom is -0.356 e. The maximum atomic E-state index is 6.26. The minimum absolute atomic E-state index is 0.389. The third-order valence-corrected chi connectivity index (χ3v) is 6.30. The van der Waals surface area contributed by atoms with Gasteiger partial charge in [-0.05, 0) is 90.3 Å². The summed E-state index contributed by atoms with van der Waals surface area (Å²) in [6, 6.07) is 9.32. The van der Waals surface area contributed by atoms with Crippen molar-refractivity contribution in [2.24, 2.45) is 10.9 Å². The summed E-state index contributed by atoms with van der Waals surface area (Å²) in [5.74, 6) is 1.44. The van der Waals surface area contributed by atoms with E-state index < -0.39 is 0 Å². The van der Waals surface area contributed by atoms with Gasteiger partial charge in [0.05, 0.1) is 0 Å². The normalized spacial score (nSPS) is 21.0. The maximum absolute atomic E-state index is 6.26. The number of piperidine rings is 1. The van der Waals surface area contributed by atoms with E-state index in [1.54, 1.807) is 0 Å². The van der Waals surface area contributed by atoms with E-state index in [1.807, 2.05) is 13.1 Å². The molecule has 5 nitrogen and oxygen atoms in total. The average Bonchev–Trinajstić information content (AvgIpc) is 2.69. The fourth-order valence-corrected chi connectivity index (χ4v) is 4.29. The van der Waals surface area contributed by atoms with Crippen molar-refractivity contribution in [2.75, 3.05) is 47.3 Å². The smallest absolute Gasteiger partial charge is 0.190 e. The molecule has 1 aromatic carbocycles. The molecule has 0 bridgehead atoms. The molecule has 2 atom stereocenters. The first-order chi connectivity index (χ1) is 13.9. The lowest BCUT2D eigenvalue weighted by Gasteiger charge is -2.40. The molecule has 0 radical (unpaired) electrons. The first-order valence-electron chi connectivity index (χ1n) is 11.0. The van der Waals surface area contributed by atoms with Crippen molar-refractivity contribution in [3.8, 4) is 0 Å². The van der Waals surface area contributed by atoms with Crippen LogP contribution >= 0.6 is 11.6 Å². The van der Waals surface area contributed by atoms with Crippen molar-refractivity contribution in [1.29, 1.82) is 0 Å². The number of hydrogen-bond donors (Lipinski definition) is 2. The topological polar surface area (TPSA) is 42.9 Å². The number of nitrogens with one attached hydrogen (secondary N) is 2. The fourth-order valence-electron chi connectivity index (χ4n) is 4.09. The first-order valence-corrected chi connectivity index (χ1v) is 11.4. The van der Waals surface area contributed by atoms with Gasteiger partial charge in [-0.2, -0.15) is 0 Å². The molecule has 1 heterocycles. The number of benzene rings is 1. The van der Waals surface area contributed by atoms with Gasteiger partial charge in [0, 0.05) is 37.2 Å². The number of likely N-dealkylation sites (tertiary alicyclic amines) is 1. The number of guanidine groups is 1. The highest BCUT2D eigenvalue weighted by atomic mass is 35.5. The van der Waals surface area contributed by atoms with Gasteiger partial charge in [0.25, 0.3) is 0 Å². The average molecular weight is 422 g/mol. The Bertz CT molecular complexity index is 633. The maximum Gasteiger partial charge on any atom is 0.190 e. The molecular weight excluding hydrogens is 382 g/mol. The predicted octanol–water partition coefficient (Wildman–Crippen LogP) is 4.01. The van der Waals surface area contributed by atoms with Crippen LogP contribution in [0.5, 0.6) is 0 Å². The van der Waals surface area contributed by atoms with Crippen LogP contribution in [-0.2, 0) is 0 Å². The van der Waals surface area contributed by atoms with Gasteiger partial charge in [-0.1, -0.05) is 23.7 Å². The SMILES string of the molecule is CN=C(NCCCCN(C)C(C)C)NCC1CCCN(C)C1c1cccc(Cl)c1. The van der Waals surface area contributed by atoms with Gasteiger partial charge < -0.3 is 15.5 Å². The molecule has 1 fully saturated rings. The van der Waals surface area contributed by atoms with Gasteiger partial charge >= 0.3 is 0 Å². The Morgan fingerprint density at radius 2 is 2.10 bits per heavy atom. The van der Waals surface area contributed by atoms with Gasteiger partial charge in [-0.25, -0.2) is 0 Å². The van der Waals surface area contributed by atoms with Crippen LogP contribution in [0.15, 0.2) is 29.3 Å². The second kappa shape index (κ2) is 12.4. The minimum atomic E-state index is 0.389. The van der Waals surface area contributed by atoms with Crippen LogP contribution in [0.3, 0.4) is 0 Å². The van der Waals surface area contributed by atoms with Crippen LogP contribution in [0.25, 0.3) is 0 Å². The number of rotatable bonds is 9. The molecule has 2 unspecified atom stereocenters. The Kier molecular flexibility index (Phi) is 10.3. The van der Waals surface area contributed by atoms with Crippen LogP contribution < -0.4 is 10.6 Å². The van der Waals surface area contributed by atoms with Crippen LogP contribution in [0, 0.1) is 5.92 Å². The molecule has 1 aliphatic rings. The summed E-state index contributed by atoms with van der Waals surface area (Å²) in [5, 5.41) is 7.85. The van der Waals surface area contributed by atoms with E-state index in [0.717, 1.165) is 43.6 Å². The van der Waals surface area contributed by atoms with Crippen molar-refractivity contribution < 1.29 is 0 Å². The molecule has 2 N–H and O–H groups in total. The molecule has 29 heavy (non-hydrogen) atoms. The van der Waals surface area contributed by atoms with E-state index in [2.05, 4.69) is 71.6 Å². The zero-order chi connectivity index (χ0) is 21.2. The first kappa shape index (κ1) is 24.0. The fraction of sp³-hybridized carbons (Fsp3) is 0.696. The zero-order valence-electron chi connectivity index (χ0n) is 18.9. The van der Waals surface area contributed by atoms with Gasteiger partial charge in [0.2, 0.25) is 0 Å². The molecule has 1 aromatic rings. The quantitative estimate of drug-likeness (QED) is 0.359. The van der Waals surface area contributed by atoms with Crippen molar-refractivity contribution >= 4 is 17.6 Å². The number of unbranched alkanes of at least 4 members (excludes halogenated alkanes) is 1. The molecule has 164 valence electrons. The van der Waals surface area contributed by atoms with Crippen LogP contribution in [-0.4, -0.2) is 69.1 Å². The number of hydrogen-bond acceptors (Lipinski definition) is 3. The summed E-state index contributed by atoms with van der Waals surface area (Å²) in [4.78, 5) is 9.27. The summed E-state index contributed by atoms with van der Waals surface area (Å²) in [7, 11) is 6.26. The van der Waals surface area contributed by atoms with Crippen molar-refractivity contribution in [2.45, 2.75) is 51.6 Å². The third kappa shape index (κ3) is 7.80. The van der Waals surface area contributed by atoms with Gasteiger partial charge in [0.1, 0.15) is 0 Å². The van der Waals surface area contributed by atoms with E-state index >= 15 is 0 Å². The van der Waals surface area contributed by atoms with E-state index in [-0.39, 0.29) is 0 Å². The Balaban J connectivity index is 1.82. The molecule has 0 saturated carbocycles. The standard InChI is InChI=1S/C23H40ClN5/c1-18(2)28(4)14-7-6-13-26-23(25-3)27-17-20-11-9-15-29(5)22(20)19-10-8-12-21(24)16-19/h8,10,12,16,18,20,22H,6-7,9,11,13-15,17H2,1-5H3,(H2,25,26,27). The number of nitrogens with zero attached hydrogens (tertiary/aromatic N) is 3. The molecule has 0 aliphatic carbocycles. The van der Waals surface area contributed by atoms with Crippen molar-refractivity contribution in [3.05, 3.63) is 34.9 Å². The monoisotopic (exact) mass is 421 g/mol. The van der Waals surface area contributed by atoms with Crippen LogP contribution in [0.1, 0.15) is 51.1 Å². The lowest BCUT2D eigenvalue weighted by Crippen LogP contribution is -2.45. The molecule has 2 rings (SSSR count). The summed E-state index contributed by atoms with van der Waals surface area (Å²) in [5.41, 5.74) is 1.31. The highest BCUT2D eigenvalue weighted by molar-refractivity contribution is 6.30. The lowest BCUT2D eigenvalue weighted by atomic mass is 9.85. The molecule has 1 aliphatic heterocycles. The van der Waals surface area contributed by atoms with Crippen molar-refractivity contribution in [1.82, 2.24) is 20.4 Å². The number of aliphatic imine (C=N–C) groups is 1. The second-order valence-electron chi connectivity index (χ2n) is 8.54. The van der Waals surface area contributed by atoms with Crippen LogP contribution in [0.4, 0.5) is 0 Å². The molecular formula is C23H40ClN5. The van der Waals surface area contributed by atoms with E-state index in [9.17, 15) is 0 Å². The number of halogens is 1. The highest BCUT2D eigenvalue weighted by Crippen LogP contribution is 2.35. The largest absolute Gasteiger partial charge is 0.356 e. The molecule has 1 saturated heterocycles. The Hall–Kier alpha value is -1.30.